The minimum atomic E-state index is 0.106. The van der Waals surface area contributed by atoms with E-state index in [2.05, 4.69) is 34.1 Å². The average molecular weight is 425 g/mol. The molecule has 0 atom stereocenters. The Morgan fingerprint density at radius 1 is 0.938 bits per heavy atom. The van der Waals surface area contributed by atoms with Gasteiger partial charge in [-0.25, -0.2) is 0 Å². The summed E-state index contributed by atoms with van der Waals surface area (Å²) in [5, 5.41) is 11.6. The Balaban J connectivity index is 1.46. The lowest BCUT2D eigenvalue weighted by Gasteiger charge is -2.14. The third-order valence-corrected chi connectivity index (χ3v) is 6.13. The van der Waals surface area contributed by atoms with Crippen molar-refractivity contribution in [2.75, 3.05) is 18.8 Å². The van der Waals surface area contributed by atoms with Crippen molar-refractivity contribution >= 4 is 22.3 Å². The van der Waals surface area contributed by atoms with E-state index in [0.29, 0.717) is 17.8 Å². The lowest BCUT2D eigenvalue weighted by Crippen LogP contribution is -2.18. The number of aromatic nitrogens is 1. The molecule has 0 spiro atoms. The Kier molecular flexibility index (Phi) is 5.65. The van der Waals surface area contributed by atoms with E-state index in [-0.39, 0.29) is 5.88 Å². The van der Waals surface area contributed by atoms with Gasteiger partial charge in [-0.05, 0) is 55.3 Å². The molecular weight excluding hydrogens is 396 g/mol. The first kappa shape index (κ1) is 20.3. The highest BCUT2D eigenvalue weighted by Gasteiger charge is 2.18. The third kappa shape index (κ3) is 4.25. The summed E-state index contributed by atoms with van der Waals surface area (Å²) in [6, 6.07) is 24.3. The number of nitrogens with zero attached hydrogens (tertiary/aromatic N) is 2. The van der Waals surface area contributed by atoms with Crippen LogP contribution in [-0.4, -0.2) is 33.8 Å². The molecule has 3 aromatic carbocycles. The first-order chi connectivity index (χ1) is 15.7. The SMILES string of the molecule is Nc1ccc2c(C(=NCc3ccc(CN4CCCC4)cc3)c3ccccc3)c(O)[nH]c2c1. The predicted molar refractivity (Wildman–Crippen MR) is 131 cm³/mol. The quantitative estimate of drug-likeness (QED) is 0.298. The molecule has 32 heavy (non-hydrogen) atoms. The molecule has 1 saturated heterocycles. The van der Waals surface area contributed by atoms with Gasteiger partial charge in [-0.15, -0.1) is 0 Å². The van der Waals surface area contributed by atoms with Crippen LogP contribution >= 0.6 is 0 Å². The molecule has 0 radical (unpaired) electrons. The van der Waals surface area contributed by atoms with Gasteiger partial charge in [-0.2, -0.15) is 0 Å². The Labute approximate surface area is 188 Å². The zero-order valence-electron chi connectivity index (χ0n) is 18.1. The zero-order chi connectivity index (χ0) is 21.9. The van der Waals surface area contributed by atoms with Gasteiger partial charge >= 0.3 is 0 Å². The minimum Gasteiger partial charge on any atom is -0.494 e. The maximum atomic E-state index is 10.7. The molecule has 5 heteroatoms. The second-order valence-electron chi connectivity index (χ2n) is 8.48. The smallest absolute Gasteiger partial charge is 0.199 e. The molecular formula is C27H28N4O. The number of anilines is 1. The molecule has 1 aliphatic heterocycles. The number of hydrogen-bond donors (Lipinski definition) is 3. The van der Waals surface area contributed by atoms with Gasteiger partial charge in [0.1, 0.15) is 0 Å². The Morgan fingerprint density at radius 2 is 1.66 bits per heavy atom. The number of aromatic hydroxyl groups is 1. The fraction of sp³-hybridized carbons (Fsp3) is 0.222. The molecule has 4 N–H and O–H groups in total. The molecule has 4 aromatic rings. The zero-order valence-corrected chi connectivity index (χ0v) is 18.1. The van der Waals surface area contributed by atoms with Gasteiger partial charge < -0.3 is 15.8 Å². The standard InChI is InChI=1S/C27H28N4O/c28-22-12-13-23-24(16-22)30-27(32)25(23)26(21-6-2-1-3-7-21)29-17-19-8-10-20(11-9-19)18-31-14-4-5-15-31/h1-3,6-13,16,30,32H,4-5,14-15,17-18,28H2. The number of benzene rings is 3. The molecule has 1 aliphatic rings. The largest absolute Gasteiger partial charge is 0.494 e. The third-order valence-electron chi connectivity index (χ3n) is 6.13. The van der Waals surface area contributed by atoms with E-state index in [4.69, 9.17) is 10.7 Å². The molecule has 162 valence electrons. The van der Waals surface area contributed by atoms with Crippen molar-refractivity contribution in [1.29, 1.82) is 0 Å². The van der Waals surface area contributed by atoms with Crippen molar-refractivity contribution < 1.29 is 5.11 Å². The Hall–Kier alpha value is -3.57. The van der Waals surface area contributed by atoms with E-state index in [1.807, 2.05) is 48.5 Å². The number of nitrogens with one attached hydrogen (secondary N) is 1. The summed E-state index contributed by atoms with van der Waals surface area (Å²) in [6.07, 6.45) is 2.62. The Morgan fingerprint density at radius 3 is 2.41 bits per heavy atom. The van der Waals surface area contributed by atoms with E-state index >= 15 is 0 Å². The normalized spacial score (nSPS) is 14.9. The number of fused-ring (bicyclic) bond motifs is 1. The van der Waals surface area contributed by atoms with Gasteiger partial charge in [0.05, 0.1) is 23.3 Å². The van der Waals surface area contributed by atoms with E-state index in [9.17, 15) is 5.11 Å². The van der Waals surface area contributed by atoms with E-state index in [1.165, 1.54) is 31.5 Å². The highest BCUT2D eigenvalue weighted by Crippen LogP contribution is 2.31. The van der Waals surface area contributed by atoms with Crippen molar-refractivity contribution in [3.63, 3.8) is 0 Å². The van der Waals surface area contributed by atoms with Gasteiger partial charge in [0.15, 0.2) is 5.88 Å². The number of nitrogen functional groups attached to an aromatic ring is 1. The van der Waals surface area contributed by atoms with Crippen molar-refractivity contribution in [2.24, 2.45) is 4.99 Å². The molecule has 1 aromatic heterocycles. The van der Waals surface area contributed by atoms with E-state index in [1.54, 1.807) is 0 Å². The van der Waals surface area contributed by atoms with Crippen LogP contribution in [0.4, 0.5) is 5.69 Å². The fourth-order valence-electron chi connectivity index (χ4n) is 4.47. The summed E-state index contributed by atoms with van der Waals surface area (Å²) < 4.78 is 0. The number of H-pyrrole nitrogens is 1. The maximum absolute atomic E-state index is 10.7. The summed E-state index contributed by atoms with van der Waals surface area (Å²) in [5.74, 6) is 0.106. The monoisotopic (exact) mass is 424 g/mol. The van der Waals surface area contributed by atoms with Crippen LogP contribution in [0.15, 0.2) is 77.8 Å². The molecule has 5 rings (SSSR count). The number of hydrogen-bond acceptors (Lipinski definition) is 4. The fourth-order valence-corrected chi connectivity index (χ4v) is 4.47. The molecule has 5 nitrogen and oxygen atoms in total. The number of aliphatic imine (C=N–C) groups is 1. The molecule has 0 unspecified atom stereocenters. The van der Waals surface area contributed by atoms with Gasteiger partial charge in [-0.3, -0.25) is 9.89 Å². The molecule has 0 bridgehead atoms. The summed E-state index contributed by atoms with van der Waals surface area (Å²) in [6.45, 7) is 3.96. The summed E-state index contributed by atoms with van der Waals surface area (Å²) in [7, 11) is 0. The lowest BCUT2D eigenvalue weighted by molar-refractivity contribution is 0.331. The van der Waals surface area contributed by atoms with Gasteiger partial charge in [0, 0.05) is 23.2 Å². The van der Waals surface area contributed by atoms with Crippen molar-refractivity contribution in [3.8, 4) is 5.88 Å². The average Bonchev–Trinajstić information content (AvgIpc) is 3.43. The first-order valence-corrected chi connectivity index (χ1v) is 11.2. The minimum absolute atomic E-state index is 0.106. The van der Waals surface area contributed by atoms with Crippen LogP contribution in [0.2, 0.25) is 0 Å². The summed E-state index contributed by atoms with van der Waals surface area (Å²) in [5.41, 5.74) is 12.3. The predicted octanol–water partition coefficient (Wildman–Crippen LogP) is 5.09. The van der Waals surface area contributed by atoms with Crippen LogP contribution in [0.5, 0.6) is 5.88 Å². The molecule has 2 heterocycles. The van der Waals surface area contributed by atoms with Crippen molar-refractivity contribution in [1.82, 2.24) is 9.88 Å². The van der Waals surface area contributed by atoms with Gasteiger partial charge in [0.2, 0.25) is 0 Å². The van der Waals surface area contributed by atoms with Crippen LogP contribution in [-0.2, 0) is 13.1 Å². The first-order valence-electron chi connectivity index (χ1n) is 11.2. The van der Waals surface area contributed by atoms with Gasteiger partial charge in [-0.1, -0.05) is 54.6 Å². The number of rotatable bonds is 6. The Bertz CT molecular complexity index is 1240. The van der Waals surface area contributed by atoms with Crippen LogP contribution in [0.25, 0.3) is 10.9 Å². The topological polar surface area (TPSA) is 77.6 Å². The maximum Gasteiger partial charge on any atom is 0.199 e. The number of nitrogens with two attached hydrogens (primary N) is 1. The highest BCUT2D eigenvalue weighted by molar-refractivity contribution is 6.21. The van der Waals surface area contributed by atoms with Crippen molar-refractivity contribution in [3.05, 3.63) is 95.1 Å². The van der Waals surface area contributed by atoms with Crippen LogP contribution < -0.4 is 5.73 Å². The van der Waals surface area contributed by atoms with Crippen LogP contribution in [0.3, 0.4) is 0 Å². The van der Waals surface area contributed by atoms with Crippen molar-refractivity contribution in [2.45, 2.75) is 25.9 Å². The van der Waals surface area contributed by atoms with Crippen LogP contribution in [0, 0.1) is 0 Å². The molecule has 0 amide bonds. The summed E-state index contributed by atoms with van der Waals surface area (Å²) in [4.78, 5) is 10.5. The lowest BCUT2D eigenvalue weighted by atomic mass is 10.0. The van der Waals surface area contributed by atoms with E-state index in [0.717, 1.165) is 34.3 Å². The van der Waals surface area contributed by atoms with E-state index < -0.39 is 0 Å². The summed E-state index contributed by atoms with van der Waals surface area (Å²) >= 11 is 0. The van der Waals surface area contributed by atoms with Crippen LogP contribution in [0.1, 0.15) is 35.1 Å². The number of likely N-dealkylation sites (tertiary alicyclic amines) is 1. The molecule has 0 aliphatic carbocycles. The molecule has 1 fully saturated rings. The highest BCUT2D eigenvalue weighted by atomic mass is 16.3. The number of aromatic amines is 1. The molecule has 0 saturated carbocycles. The second kappa shape index (κ2) is 8.89. The second-order valence-corrected chi connectivity index (χ2v) is 8.48. The van der Waals surface area contributed by atoms with Gasteiger partial charge in [0.25, 0.3) is 0 Å².